The maximum atomic E-state index is 12.6. The molecule has 0 fully saturated rings. The topological polar surface area (TPSA) is 106 Å². The number of nitrogens with two attached hydrogens (primary N) is 1. The molecule has 3 aromatic rings. The van der Waals surface area contributed by atoms with Crippen LogP contribution >= 0.6 is 11.3 Å². The molecule has 0 spiro atoms. The van der Waals surface area contributed by atoms with Crippen molar-refractivity contribution in [2.45, 2.75) is 0 Å². The molecule has 0 aliphatic carbocycles. The molecule has 0 atom stereocenters. The minimum absolute atomic E-state index is 0.00307. The van der Waals surface area contributed by atoms with E-state index in [1.54, 1.807) is 24.3 Å². The number of anilines is 3. The second kappa shape index (κ2) is 7.66. The van der Waals surface area contributed by atoms with Gasteiger partial charge in [0.2, 0.25) is 0 Å². The summed E-state index contributed by atoms with van der Waals surface area (Å²) in [4.78, 5) is 28.4. The number of ether oxygens (including phenoxy) is 1. The molecule has 4 N–H and O–H groups in total. The summed E-state index contributed by atoms with van der Waals surface area (Å²) in [6.07, 6.45) is 0. The van der Waals surface area contributed by atoms with Crippen LogP contribution in [-0.4, -0.2) is 23.9 Å². The first kappa shape index (κ1) is 17.4. The lowest BCUT2D eigenvalue weighted by Crippen LogP contribution is -2.18. The normalized spacial score (nSPS) is 10.2. The predicted molar refractivity (Wildman–Crippen MR) is 101 cm³/mol. The molecular weight excluding hydrogens is 352 g/mol. The number of rotatable bonds is 6. The molecule has 3 rings (SSSR count). The van der Waals surface area contributed by atoms with Gasteiger partial charge in [-0.2, -0.15) is 0 Å². The van der Waals surface area contributed by atoms with Crippen LogP contribution in [0.15, 0.2) is 54.6 Å². The zero-order valence-corrected chi connectivity index (χ0v) is 14.7. The minimum atomic E-state index is -0.724. The molecule has 0 unspecified atom stereocenters. The highest BCUT2D eigenvalue weighted by atomic mass is 32.1. The number of hydrogen-bond acceptors (Lipinski definition) is 6. The number of para-hydroxylation sites is 2. The molecule has 8 heteroatoms. The first-order chi connectivity index (χ1) is 12.6. The number of thiazole rings is 1. The second-order valence-corrected chi connectivity index (χ2v) is 6.21. The Morgan fingerprint density at radius 3 is 2.46 bits per heavy atom. The van der Waals surface area contributed by atoms with Crippen LogP contribution in [0.5, 0.6) is 5.75 Å². The average molecular weight is 368 g/mol. The van der Waals surface area contributed by atoms with Gasteiger partial charge in [0.1, 0.15) is 10.8 Å². The minimum Gasteiger partial charge on any atom is -0.496 e. The van der Waals surface area contributed by atoms with E-state index in [1.807, 2.05) is 30.3 Å². The summed E-state index contributed by atoms with van der Waals surface area (Å²) in [5, 5.41) is 6.48. The van der Waals surface area contributed by atoms with Crippen LogP contribution in [0, 0.1) is 0 Å². The third-order valence-corrected chi connectivity index (χ3v) is 4.35. The lowest BCUT2D eigenvalue weighted by molar-refractivity contribution is 0.0997. The molecule has 0 aliphatic rings. The highest BCUT2D eigenvalue weighted by Crippen LogP contribution is 2.31. The largest absolute Gasteiger partial charge is 0.496 e. The Morgan fingerprint density at radius 1 is 1.08 bits per heavy atom. The van der Waals surface area contributed by atoms with Crippen molar-refractivity contribution >= 4 is 39.0 Å². The summed E-state index contributed by atoms with van der Waals surface area (Å²) in [7, 11) is 1.48. The maximum Gasteiger partial charge on any atom is 0.270 e. The van der Waals surface area contributed by atoms with Crippen molar-refractivity contribution in [1.82, 2.24) is 4.98 Å². The zero-order valence-electron chi connectivity index (χ0n) is 13.9. The van der Waals surface area contributed by atoms with Gasteiger partial charge >= 0.3 is 0 Å². The van der Waals surface area contributed by atoms with Crippen LogP contribution in [0.3, 0.4) is 0 Å². The lowest BCUT2D eigenvalue weighted by Gasteiger charge is -2.08. The van der Waals surface area contributed by atoms with Gasteiger partial charge in [-0.3, -0.25) is 9.59 Å². The Labute approximate surface area is 153 Å². The van der Waals surface area contributed by atoms with Gasteiger partial charge in [-0.15, -0.1) is 0 Å². The number of benzene rings is 2. The fraction of sp³-hybridized carbons (Fsp3) is 0.0556. The summed E-state index contributed by atoms with van der Waals surface area (Å²) < 4.78 is 5.19. The third kappa shape index (κ3) is 3.81. The fourth-order valence-electron chi connectivity index (χ4n) is 2.27. The van der Waals surface area contributed by atoms with Crippen LogP contribution in [-0.2, 0) is 0 Å². The van der Waals surface area contributed by atoms with E-state index in [1.165, 1.54) is 7.11 Å². The number of carbonyl (C=O) groups is 2. The van der Waals surface area contributed by atoms with E-state index in [0.29, 0.717) is 16.4 Å². The van der Waals surface area contributed by atoms with E-state index >= 15 is 0 Å². The smallest absolute Gasteiger partial charge is 0.270 e. The summed E-state index contributed by atoms with van der Waals surface area (Å²) in [6.45, 7) is 0. The number of primary amides is 1. The Hall–Kier alpha value is -3.39. The average Bonchev–Trinajstić information content (AvgIpc) is 3.05. The van der Waals surface area contributed by atoms with Gasteiger partial charge in [0.25, 0.3) is 11.8 Å². The molecule has 0 radical (unpaired) electrons. The first-order valence-electron chi connectivity index (χ1n) is 7.65. The molecule has 7 nitrogen and oxygen atoms in total. The van der Waals surface area contributed by atoms with Gasteiger partial charge in [0.15, 0.2) is 10.8 Å². The molecular formula is C18H16N4O3S. The van der Waals surface area contributed by atoms with Crippen LogP contribution in [0.4, 0.5) is 15.8 Å². The molecule has 0 saturated carbocycles. The van der Waals surface area contributed by atoms with Gasteiger partial charge in [-0.25, -0.2) is 4.98 Å². The maximum absolute atomic E-state index is 12.6. The number of carbonyl (C=O) groups excluding carboxylic acids is 2. The number of nitrogens with zero attached hydrogens (tertiary/aromatic N) is 1. The van der Waals surface area contributed by atoms with E-state index < -0.39 is 11.8 Å². The van der Waals surface area contributed by atoms with Crippen LogP contribution in [0.2, 0.25) is 0 Å². The Bertz CT molecular complexity index is 941. The zero-order chi connectivity index (χ0) is 18.5. The van der Waals surface area contributed by atoms with E-state index in [9.17, 15) is 9.59 Å². The van der Waals surface area contributed by atoms with Crippen molar-refractivity contribution in [1.29, 1.82) is 0 Å². The van der Waals surface area contributed by atoms with Gasteiger partial charge < -0.3 is 21.1 Å². The van der Waals surface area contributed by atoms with E-state index in [2.05, 4.69) is 15.6 Å². The number of aromatic nitrogens is 1. The van der Waals surface area contributed by atoms with Gasteiger partial charge in [-0.05, 0) is 24.3 Å². The highest BCUT2D eigenvalue weighted by Gasteiger charge is 2.20. The van der Waals surface area contributed by atoms with Crippen molar-refractivity contribution in [2.24, 2.45) is 5.73 Å². The van der Waals surface area contributed by atoms with E-state index in [0.717, 1.165) is 17.0 Å². The summed E-state index contributed by atoms with van der Waals surface area (Å²) in [6, 6.07) is 16.1. The van der Waals surface area contributed by atoms with Gasteiger partial charge in [0, 0.05) is 5.69 Å². The van der Waals surface area contributed by atoms with Crippen molar-refractivity contribution < 1.29 is 14.3 Å². The van der Waals surface area contributed by atoms with Crippen LogP contribution in [0.1, 0.15) is 20.8 Å². The van der Waals surface area contributed by atoms with Crippen molar-refractivity contribution in [2.75, 3.05) is 17.7 Å². The van der Waals surface area contributed by atoms with Crippen molar-refractivity contribution in [3.8, 4) is 5.75 Å². The number of amides is 2. The Morgan fingerprint density at radius 2 is 1.77 bits per heavy atom. The molecule has 1 aromatic heterocycles. The van der Waals surface area contributed by atoms with Crippen molar-refractivity contribution in [3.05, 3.63) is 65.9 Å². The van der Waals surface area contributed by atoms with Gasteiger partial charge in [-0.1, -0.05) is 41.7 Å². The summed E-state index contributed by atoms with van der Waals surface area (Å²) in [5.41, 5.74) is 6.54. The van der Waals surface area contributed by atoms with Crippen LogP contribution < -0.4 is 21.1 Å². The predicted octanol–water partition coefficient (Wildman–Crippen LogP) is 3.25. The molecule has 1 heterocycles. The molecule has 0 saturated heterocycles. The third-order valence-electron chi connectivity index (χ3n) is 3.46. The molecule has 0 bridgehead atoms. The standard InChI is InChI=1S/C18H16N4O3S/c1-25-13-10-6-5-9-12(13)16(24)22-17-14(15(19)23)21-18(26-17)20-11-7-3-2-4-8-11/h2-10H,1H3,(H2,19,23)(H,20,21)(H,22,24). The molecule has 132 valence electrons. The van der Waals surface area contributed by atoms with Crippen LogP contribution in [0.25, 0.3) is 0 Å². The number of nitrogens with one attached hydrogen (secondary N) is 2. The number of hydrogen-bond donors (Lipinski definition) is 3. The fourth-order valence-corrected chi connectivity index (χ4v) is 3.16. The highest BCUT2D eigenvalue weighted by molar-refractivity contribution is 7.20. The lowest BCUT2D eigenvalue weighted by atomic mass is 10.2. The summed E-state index contributed by atoms with van der Waals surface area (Å²) >= 11 is 1.12. The monoisotopic (exact) mass is 368 g/mol. The second-order valence-electron chi connectivity index (χ2n) is 5.21. The molecule has 26 heavy (non-hydrogen) atoms. The molecule has 0 aliphatic heterocycles. The van der Waals surface area contributed by atoms with E-state index in [-0.39, 0.29) is 10.7 Å². The quantitative estimate of drug-likeness (QED) is 0.619. The van der Waals surface area contributed by atoms with Crippen molar-refractivity contribution in [3.63, 3.8) is 0 Å². The van der Waals surface area contributed by atoms with Gasteiger partial charge in [0.05, 0.1) is 12.7 Å². The Kier molecular flexibility index (Phi) is 5.14. The SMILES string of the molecule is COc1ccccc1C(=O)Nc1sc(Nc2ccccc2)nc1C(N)=O. The molecule has 2 aromatic carbocycles. The number of methoxy groups -OCH3 is 1. The Balaban J connectivity index is 1.87. The van der Waals surface area contributed by atoms with E-state index in [4.69, 9.17) is 10.5 Å². The molecule has 2 amide bonds. The first-order valence-corrected chi connectivity index (χ1v) is 8.47. The summed E-state index contributed by atoms with van der Waals surface area (Å²) in [5.74, 6) is -0.713.